The summed E-state index contributed by atoms with van der Waals surface area (Å²) in [6.45, 7) is 1.25. The largest absolute Gasteiger partial charge is 0.461 e. The molecule has 8 heteroatoms. The molecule has 0 amide bonds. The van der Waals surface area contributed by atoms with Crippen LogP contribution in [0, 0.1) is 0 Å². The number of aromatic nitrogens is 5. The fraction of sp³-hybridized carbons (Fsp3) is 0.538. The SMILES string of the molecule is CNc1nc(OCC2CCCCO2)nc(-n2cccn2)n1. The molecule has 3 heterocycles. The summed E-state index contributed by atoms with van der Waals surface area (Å²) in [5.41, 5.74) is 0. The number of hydrogen-bond acceptors (Lipinski definition) is 7. The van der Waals surface area contributed by atoms with Crippen molar-refractivity contribution < 1.29 is 9.47 Å². The maximum Gasteiger partial charge on any atom is 0.323 e. The first-order valence-corrected chi connectivity index (χ1v) is 7.03. The van der Waals surface area contributed by atoms with Gasteiger partial charge in [-0.05, 0) is 25.3 Å². The van der Waals surface area contributed by atoms with Crippen molar-refractivity contribution in [2.24, 2.45) is 0 Å². The van der Waals surface area contributed by atoms with Crippen LogP contribution in [0.1, 0.15) is 19.3 Å². The Kier molecular flexibility index (Phi) is 4.25. The molecule has 112 valence electrons. The quantitative estimate of drug-likeness (QED) is 0.880. The van der Waals surface area contributed by atoms with Gasteiger partial charge in [0.15, 0.2) is 0 Å². The molecule has 0 aliphatic carbocycles. The highest BCUT2D eigenvalue weighted by atomic mass is 16.5. The molecule has 1 fully saturated rings. The van der Waals surface area contributed by atoms with Crippen molar-refractivity contribution in [3.63, 3.8) is 0 Å². The Labute approximate surface area is 122 Å². The molecule has 0 radical (unpaired) electrons. The number of nitrogens with zero attached hydrogens (tertiary/aromatic N) is 5. The molecule has 8 nitrogen and oxygen atoms in total. The predicted molar refractivity (Wildman–Crippen MR) is 75.6 cm³/mol. The summed E-state index contributed by atoms with van der Waals surface area (Å²) in [6.07, 6.45) is 6.85. The van der Waals surface area contributed by atoms with Crippen LogP contribution in [0.3, 0.4) is 0 Å². The van der Waals surface area contributed by atoms with Gasteiger partial charge in [-0.2, -0.15) is 20.1 Å². The minimum Gasteiger partial charge on any atom is -0.461 e. The predicted octanol–water partition coefficient (Wildman–Crippen LogP) is 1.05. The molecule has 0 spiro atoms. The standard InChI is InChI=1S/C13H18N6O2/c1-14-11-16-12(19-7-4-6-15-19)18-13(17-11)21-9-10-5-2-3-8-20-10/h4,6-7,10H,2-3,5,8-9H2,1H3,(H,14,16,17,18). The molecule has 1 unspecified atom stereocenters. The van der Waals surface area contributed by atoms with E-state index in [1.807, 2.05) is 0 Å². The second kappa shape index (κ2) is 6.49. The van der Waals surface area contributed by atoms with Gasteiger partial charge in [-0.15, -0.1) is 0 Å². The van der Waals surface area contributed by atoms with Crippen LogP contribution in [0.5, 0.6) is 6.01 Å². The lowest BCUT2D eigenvalue weighted by molar-refractivity contribution is -0.0129. The third-order valence-corrected chi connectivity index (χ3v) is 3.21. The van der Waals surface area contributed by atoms with Crippen LogP contribution in [0.25, 0.3) is 5.95 Å². The molecule has 3 rings (SSSR count). The highest BCUT2D eigenvalue weighted by Gasteiger charge is 2.16. The number of anilines is 1. The van der Waals surface area contributed by atoms with Gasteiger partial charge in [0.1, 0.15) is 6.61 Å². The fourth-order valence-corrected chi connectivity index (χ4v) is 2.12. The first-order valence-electron chi connectivity index (χ1n) is 7.03. The first kappa shape index (κ1) is 13.7. The summed E-state index contributed by atoms with van der Waals surface area (Å²) in [5, 5.41) is 7.00. The van der Waals surface area contributed by atoms with E-state index in [0.29, 0.717) is 18.5 Å². The average molecular weight is 290 g/mol. The van der Waals surface area contributed by atoms with Gasteiger partial charge >= 0.3 is 6.01 Å². The van der Waals surface area contributed by atoms with E-state index >= 15 is 0 Å². The zero-order chi connectivity index (χ0) is 14.5. The summed E-state index contributed by atoms with van der Waals surface area (Å²) in [4.78, 5) is 12.7. The number of rotatable bonds is 5. The highest BCUT2D eigenvalue weighted by molar-refractivity contribution is 5.28. The lowest BCUT2D eigenvalue weighted by Gasteiger charge is -2.22. The van der Waals surface area contributed by atoms with Crippen molar-refractivity contribution in [2.75, 3.05) is 25.6 Å². The molecule has 1 aliphatic rings. The van der Waals surface area contributed by atoms with Crippen LogP contribution < -0.4 is 10.1 Å². The van der Waals surface area contributed by atoms with Gasteiger partial charge in [0, 0.05) is 26.0 Å². The molecule has 0 bridgehead atoms. The molecule has 21 heavy (non-hydrogen) atoms. The van der Waals surface area contributed by atoms with Crippen molar-refractivity contribution in [3.8, 4) is 12.0 Å². The summed E-state index contributed by atoms with van der Waals surface area (Å²) < 4.78 is 12.8. The van der Waals surface area contributed by atoms with E-state index in [0.717, 1.165) is 19.4 Å². The molecule has 1 saturated heterocycles. The summed E-state index contributed by atoms with van der Waals surface area (Å²) >= 11 is 0. The fourth-order valence-electron chi connectivity index (χ4n) is 2.12. The van der Waals surface area contributed by atoms with E-state index in [-0.39, 0.29) is 12.1 Å². The van der Waals surface area contributed by atoms with Crippen molar-refractivity contribution in [1.29, 1.82) is 0 Å². The minimum absolute atomic E-state index is 0.113. The van der Waals surface area contributed by atoms with Crippen LogP contribution in [0.15, 0.2) is 18.5 Å². The Bertz CT molecular complexity index is 568. The summed E-state index contributed by atoms with van der Waals surface area (Å²) in [5.74, 6) is 0.856. The Morgan fingerprint density at radius 1 is 1.38 bits per heavy atom. The van der Waals surface area contributed by atoms with E-state index in [4.69, 9.17) is 9.47 Å². The van der Waals surface area contributed by atoms with E-state index in [9.17, 15) is 0 Å². The van der Waals surface area contributed by atoms with Crippen LogP contribution >= 0.6 is 0 Å². The maximum absolute atomic E-state index is 5.66. The van der Waals surface area contributed by atoms with Crippen molar-refractivity contribution in [1.82, 2.24) is 24.7 Å². The van der Waals surface area contributed by atoms with Gasteiger partial charge in [-0.25, -0.2) is 4.68 Å². The molecular weight excluding hydrogens is 272 g/mol. The number of hydrogen-bond donors (Lipinski definition) is 1. The molecule has 2 aromatic heterocycles. The van der Waals surface area contributed by atoms with E-state index in [1.165, 1.54) is 6.42 Å². The van der Waals surface area contributed by atoms with Gasteiger partial charge < -0.3 is 14.8 Å². The average Bonchev–Trinajstić information content (AvgIpc) is 3.08. The van der Waals surface area contributed by atoms with E-state index < -0.39 is 0 Å². The molecule has 0 aromatic carbocycles. The van der Waals surface area contributed by atoms with Crippen LogP contribution in [0.4, 0.5) is 5.95 Å². The Balaban J connectivity index is 1.73. The molecule has 2 aromatic rings. The second-order valence-corrected chi connectivity index (χ2v) is 4.74. The Morgan fingerprint density at radius 2 is 2.33 bits per heavy atom. The lowest BCUT2D eigenvalue weighted by atomic mass is 10.1. The molecular formula is C13H18N6O2. The van der Waals surface area contributed by atoms with E-state index in [2.05, 4.69) is 25.4 Å². The Hall–Kier alpha value is -2.22. The van der Waals surface area contributed by atoms with E-state index in [1.54, 1.807) is 30.2 Å². The maximum atomic E-state index is 5.66. The summed E-state index contributed by atoms with van der Waals surface area (Å²) in [6, 6.07) is 2.08. The first-order chi connectivity index (χ1) is 10.3. The minimum atomic E-state index is 0.113. The van der Waals surface area contributed by atoms with Crippen molar-refractivity contribution in [3.05, 3.63) is 18.5 Å². The topological polar surface area (TPSA) is 87.0 Å². The van der Waals surface area contributed by atoms with Gasteiger partial charge in [-0.3, -0.25) is 0 Å². The van der Waals surface area contributed by atoms with Gasteiger partial charge in [-0.1, -0.05) is 0 Å². The molecule has 1 aliphatic heterocycles. The third kappa shape index (κ3) is 3.46. The zero-order valence-electron chi connectivity index (χ0n) is 11.9. The van der Waals surface area contributed by atoms with Crippen LogP contribution in [-0.2, 0) is 4.74 Å². The number of nitrogens with one attached hydrogen (secondary N) is 1. The van der Waals surface area contributed by atoms with Crippen LogP contribution in [-0.4, -0.2) is 51.1 Å². The molecule has 1 N–H and O–H groups in total. The van der Waals surface area contributed by atoms with Gasteiger partial charge in [0.25, 0.3) is 5.95 Å². The zero-order valence-corrected chi connectivity index (χ0v) is 11.9. The molecule has 1 atom stereocenters. The second-order valence-electron chi connectivity index (χ2n) is 4.74. The lowest BCUT2D eigenvalue weighted by Crippen LogP contribution is -2.26. The monoisotopic (exact) mass is 290 g/mol. The van der Waals surface area contributed by atoms with Crippen molar-refractivity contribution >= 4 is 5.95 Å². The number of ether oxygens (including phenoxy) is 2. The molecule has 0 saturated carbocycles. The Morgan fingerprint density at radius 3 is 3.05 bits per heavy atom. The smallest absolute Gasteiger partial charge is 0.323 e. The third-order valence-electron chi connectivity index (χ3n) is 3.21. The summed E-state index contributed by atoms with van der Waals surface area (Å²) in [7, 11) is 1.75. The van der Waals surface area contributed by atoms with Crippen molar-refractivity contribution in [2.45, 2.75) is 25.4 Å². The highest BCUT2D eigenvalue weighted by Crippen LogP contribution is 2.15. The van der Waals surface area contributed by atoms with Crippen LogP contribution in [0.2, 0.25) is 0 Å². The van der Waals surface area contributed by atoms with Gasteiger partial charge in [0.05, 0.1) is 6.10 Å². The normalized spacial score (nSPS) is 18.4. The van der Waals surface area contributed by atoms with Gasteiger partial charge in [0.2, 0.25) is 5.95 Å².